The number of thioether (sulfide) groups is 1. The summed E-state index contributed by atoms with van der Waals surface area (Å²) in [4.78, 5) is 12.6. The second-order valence-corrected chi connectivity index (χ2v) is 7.03. The third-order valence-corrected chi connectivity index (χ3v) is 5.24. The number of rotatable bonds is 4. The summed E-state index contributed by atoms with van der Waals surface area (Å²) in [5.41, 5.74) is 4.92. The molecule has 3 N–H and O–H groups in total. The maximum Gasteiger partial charge on any atom is 0.237 e. The minimum Gasteiger partial charge on any atom is -0.368 e. The van der Waals surface area contributed by atoms with Crippen molar-refractivity contribution >= 4 is 40.9 Å². The minimum atomic E-state index is -0.569. The fourth-order valence-corrected chi connectivity index (χ4v) is 4.50. The van der Waals surface area contributed by atoms with Crippen LogP contribution in [0.2, 0.25) is 10.0 Å². The lowest BCUT2D eigenvalue weighted by atomic mass is 9.97. The molecule has 1 amide bonds. The summed E-state index contributed by atoms with van der Waals surface area (Å²) in [6, 6.07) is 5.49. The second-order valence-electron chi connectivity index (χ2n) is 4.78. The smallest absolute Gasteiger partial charge is 0.237 e. The first kappa shape index (κ1) is 15.0. The Kier molecular flexibility index (Phi) is 4.66. The van der Waals surface area contributed by atoms with Crippen molar-refractivity contribution in [2.45, 2.75) is 34.9 Å². The minimum absolute atomic E-state index is 0.276. The summed E-state index contributed by atoms with van der Waals surface area (Å²) >= 11 is 13.7. The Bertz CT molecular complexity index is 477. The van der Waals surface area contributed by atoms with E-state index >= 15 is 0 Å². The molecule has 1 saturated carbocycles. The maximum atomic E-state index is 11.6. The molecule has 1 fully saturated rings. The van der Waals surface area contributed by atoms with E-state index in [4.69, 9.17) is 28.9 Å². The van der Waals surface area contributed by atoms with Crippen LogP contribution in [0.15, 0.2) is 23.1 Å². The van der Waals surface area contributed by atoms with Crippen molar-refractivity contribution in [1.82, 2.24) is 5.32 Å². The van der Waals surface area contributed by atoms with Gasteiger partial charge in [0.15, 0.2) is 0 Å². The number of halogens is 2. The Morgan fingerprint density at radius 1 is 1.42 bits per heavy atom. The number of primary amides is 1. The van der Waals surface area contributed by atoms with Crippen molar-refractivity contribution in [2.24, 2.45) is 5.73 Å². The van der Waals surface area contributed by atoms with Crippen LogP contribution in [0.5, 0.6) is 0 Å². The van der Waals surface area contributed by atoms with E-state index in [0.29, 0.717) is 15.3 Å². The summed E-state index contributed by atoms with van der Waals surface area (Å²) < 4.78 is 0. The summed E-state index contributed by atoms with van der Waals surface area (Å²) in [6.45, 7) is 0. The molecule has 19 heavy (non-hydrogen) atoms. The van der Waals surface area contributed by atoms with Gasteiger partial charge in [0, 0.05) is 20.2 Å². The molecule has 1 aromatic rings. The van der Waals surface area contributed by atoms with Gasteiger partial charge in [0.25, 0.3) is 0 Å². The molecule has 0 aliphatic heterocycles. The van der Waals surface area contributed by atoms with Crippen molar-refractivity contribution in [1.29, 1.82) is 0 Å². The normalized spacial score (nSPS) is 26.6. The molecule has 0 aromatic heterocycles. The fraction of sp³-hybridized carbons (Fsp3) is 0.462. The molecular formula is C13H16Cl2N2OS. The molecule has 3 nitrogen and oxygen atoms in total. The third-order valence-electron chi connectivity index (χ3n) is 3.56. The topological polar surface area (TPSA) is 55.1 Å². The van der Waals surface area contributed by atoms with E-state index in [-0.39, 0.29) is 5.91 Å². The molecule has 0 saturated heterocycles. The van der Waals surface area contributed by atoms with Crippen LogP contribution in [0, 0.1) is 0 Å². The largest absolute Gasteiger partial charge is 0.368 e. The number of carbonyl (C=O) groups is 1. The standard InChI is InChI=1S/C13H16Cl2N2OS/c1-17-13(12(16)18)3-2-10(7-13)19-11-5-8(14)4-9(15)6-11/h4-6,10,17H,2-3,7H2,1H3,(H2,16,18). The quantitative estimate of drug-likeness (QED) is 0.897. The van der Waals surface area contributed by atoms with Crippen molar-refractivity contribution in [3.8, 4) is 0 Å². The van der Waals surface area contributed by atoms with Crippen LogP contribution in [0.25, 0.3) is 0 Å². The number of hydrogen-bond acceptors (Lipinski definition) is 3. The van der Waals surface area contributed by atoms with Crippen LogP contribution in [-0.4, -0.2) is 23.7 Å². The van der Waals surface area contributed by atoms with Gasteiger partial charge in [0.05, 0.1) is 5.54 Å². The van der Waals surface area contributed by atoms with Gasteiger partial charge in [-0.15, -0.1) is 11.8 Å². The molecule has 2 rings (SSSR count). The van der Waals surface area contributed by atoms with Gasteiger partial charge < -0.3 is 11.1 Å². The van der Waals surface area contributed by atoms with Gasteiger partial charge in [-0.2, -0.15) is 0 Å². The van der Waals surface area contributed by atoms with Crippen LogP contribution in [0.3, 0.4) is 0 Å². The molecule has 0 bridgehead atoms. The Balaban J connectivity index is 2.08. The average Bonchev–Trinajstić information content (AvgIpc) is 2.72. The van der Waals surface area contributed by atoms with Gasteiger partial charge in [-0.1, -0.05) is 23.2 Å². The first-order chi connectivity index (χ1) is 8.95. The number of likely N-dealkylation sites (N-methyl/N-ethyl adjacent to an activating group) is 1. The SMILES string of the molecule is CNC1(C(N)=O)CCC(Sc2cc(Cl)cc(Cl)c2)C1. The molecule has 1 aromatic carbocycles. The summed E-state index contributed by atoms with van der Waals surface area (Å²) in [5, 5.41) is 4.67. The molecule has 0 radical (unpaired) electrons. The molecule has 0 heterocycles. The highest BCUT2D eigenvalue weighted by molar-refractivity contribution is 8.00. The molecule has 2 atom stereocenters. The fourth-order valence-electron chi connectivity index (χ4n) is 2.46. The molecule has 1 aliphatic carbocycles. The van der Waals surface area contributed by atoms with Crippen molar-refractivity contribution < 1.29 is 4.79 Å². The second kappa shape index (κ2) is 5.92. The van der Waals surface area contributed by atoms with Crippen LogP contribution < -0.4 is 11.1 Å². The summed E-state index contributed by atoms with van der Waals surface area (Å²) in [6.07, 6.45) is 2.44. The van der Waals surface area contributed by atoms with E-state index in [9.17, 15) is 4.79 Å². The zero-order valence-electron chi connectivity index (χ0n) is 10.6. The predicted octanol–water partition coefficient (Wildman–Crippen LogP) is 3.08. The lowest BCUT2D eigenvalue weighted by molar-refractivity contribution is -0.124. The predicted molar refractivity (Wildman–Crippen MR) is 80.9 cm³/mol. The first-order valence-electron chi connectivity index (χ1n) is 6.07. The number of carbonyl (C=O) groups excluding carboxylic acids is 1. The van der Waals surface area contributed by atoms with Gasteiger partial charge in [0.1, 0.15) is 0 Å². The Labute approximate surface area is 127 Å². The van der Waals surface area contributed by atoms with E-state index < -0.39 is 5.54 Å². The lowest BCUT2D eigenvalue weighted by Crippen LogP contribution is -2.52. The number of benzene rings is 1. The zero-order chi connectivity index (χ0) is 14.0. The van der Waals surface area contributed by atoms with Gasteiger partial charge in [-0.05, 0) is 44.5 Å². The molecule has 6 heteroatoms. The van der Waals surface area contributed by atoms with E-state index in [1.807, 2.05) is 12.1 Å². The monoisotopic (exact) mass is 318 g/mol. The van der Waals surface area contributed by atoms with Gasteiger partial charge in [0.2, 0.25) is 5.91 Å². The van der Waals surface area contributed by atoms with Crippen LogP contribution in [-0.2, 0) is 4.79 Å². The van der Waals surface area contributed by atoms with Gasteiger partial charge >= 0.3 is 0 Å². The highest BCUT2D eigenvalue weighted by Crippen LogP contribution is 2.41. The highest BCUT2D eigenvalue weighted by Gasteiger charge is 2.43. The first-order valence-corrected chi connectivity index (χ1v) is 7.70. The summed E-state index contributed by atoms with van der Waals surface area (Å²) in [7, 11) is 1.79. The maximum absolute atomic E-state index is 11.6. The van der Waals surface area contributed by atoms with Crippen LogP contribution in [0.4, 0.5) is 0 Å². The zero-order valence-corrected chi connectivity index (χ0v) is 12.9. The Morgan fingerprint density at radius 3 is 2.53 bits per heavy atom. The van der Waals surface area contributed by atoms with Gasteiger partial charge in [-0.25, -0.2) is 0 Å². The number of hydrogen-bond donors (Lipinski definition) is 2. The lowest BCUT2D eigenvalue weighted by Gasteiger charge is -2.24. The van der Waals surface area contributed by atoms with E-state index in [1.165, 1.54) is 0 Å². The van der Waals surface area contributed by atoms with Crippen molar-refractivity contribution in [3.63, 3.8) is 0 Å². The van der Waals surface area contributed by atoms with Crippen LogP contribution in [0.1, 0.15) is 19.3 Å². The number of nitrogens with two attached hydrogens (primary N) is 1. The number of amides is 1. The highest BCUT2D eigenvalue weighted by atomic mass is 35.5. The van der Waals surface area contributed by atoms with Crippen molar-refractivity contribution in [3.05, 3.63) is 28.2 Å². The Hall–Kier alpha value is -0.420. The molecule has 2 unspecified atom stereocenters. The van der Waals surface area contributed by atoms with Gasteiger partial charge in [-0.3, -0.25) is 4.79 Å². The molecular weight excluding hydrogens is 303 g/mol. The van der Waals surface area contributed by atoms with E-state index in [1.54, 1.807) is 24.9 Å². The Morgan fingerprint density at radius 2 is 2.05 bits per heavy atom. The average molecular weight is 319 g/mol. The van der Waals surface area contributed by atoms with E-state index in [0.717, 1.165) is 24.2 Å². The van der Waals surface area contributed by atoms with Crippen molar-refractivity contribution in [2.75, 3.05) is 7.05 Å². The van der Waals surface area contributed by atoms with E-state index in [2.05, 4.69) is 5.32 Å². The molecule has 1 aliphatic rings. The van der Waals surface area contributed by atoms with Crippen LogP contribution >= 0.6 is 35.0 Å². The number of nitrogens with one attached hydrogen (secondary N) is 1. The molecule has 0 spiro atoms. The molecule has 104 valence electrons. The summed E-state index contributed by atoms with van der Waals surface area (Å²) in [5.74, 6) is -0.276. The third kappa shape index (κ3) is 3.37.